The second-order valence-corrected chi connectivity index (χ2v) is 5.82. The largest absolute Gasteiger partial charge is 0.355 e. The molecule has 0 radical (unpaired) electrons. The van der Waals surface area contributed by atoms with Crippen molar-refractivity contribution < 1.29 is 15.0 Å². The van der Waals surface area contributed by atoms with Crippen molar-refractivity contribution in [3.63, 3.8) is 0 Å². The predicted molar refractivity (Wildman–Crippen MR) is 91.8 cm³/mol. The van der Waals surface area contributed by atoms with Gasteiger partial charge in [-0.05, 0) is 43.2 Å². The fourth-order valence-electron chi connectivity index (χ4n) is 1.92. The summed E-state index contributed by atoms with van der Waals surface area (Å²) in [5.41, 5.74) is 1.91. The number of aromatic nitrogens is 1. The van der Waals surface area contributed by atoms with Crippen molar-refractivity contribution in [2.24, 2.45) is 0 Å². The van der Waals surface area contributed by atoms with Crippen LogP contribution in [0.25, 0.3) is 0 Å². The molecule has 5 heteroatoms. The van der Waals surface area contributed by atoms with Crippen LogP contribution in [0.4, 0.5) is 8.78 Å². The Kier molecular flexibility index (Phi) is 7.33. The molecule has 4 rings (SSSR count). The zero-order valence-corrected chi connectivity index (χ0v) is 13.5. The maximum absolute atomic E-state index is 12.8. The molecule has 1 heterocycles. The number of pyridine rings is 1. The molecule has 0 aliphatic heterocycles. The smallest absolute Gasteiger partial charge is 0.216 e. The minimum atomic E-state index is -0.417. The normalized spacial score (nSPS) is 15.2. The molecule has 0 saturated heterocycles. The Morgan fingerprint density at radius 1 is 1.12 bits per heavy atom. The minimum absolute atomic E-state index is 0. The molecule has 2 aliphatic rings. The number of alkyl halides is 1. The van der Waals surface area contributed by atoms with E-state index in [-0.39, 0.29) is 7.37 Å². The second-order valence-electron chi connectivity index (χ2n) is 5.82. The molecule has 24 heavy (non-hydrogen) atoms. The van der Waals surface area contributed by atoms with Crippen LogP contribution in [0, 0.1) is 5.95 Å². The standard InChI is InChI=1S/C8H8FN.C8H9NO.C3H5F.H2/c9-8-7(6-3-4-6)2-1-5-10-8;10-7-9-6-8-4-2-1-3-5-8;4-3-1-2-3;/h1-2,5-6H,3-4H2;1-5,7H,6H2,(H,9,10);3H,1-2H2;1H. The van der Waals surface area contributed by atoms with Gasteiger partial charge in [-0.1, -0.05) is 36.4 Å². The number of benzene rings is 1. The molecule has 2 aromatic rings. The Bertz CT molecular complexity index is 620. The number of hydrogen-bond acceptors (Lipinski definition) is 2. The van der Waals surface area contributed by atoms with Crippen molar-refractivity contribution in [2.75, 3.05) is 0 Å². The monoisotopic (exact) mass is 334 g/mol. The number of nitrogens with one attached hydrogen (secondary N) is 1. The fraction of sp³-hybridized carbons (Fsp3) is 0.368. The van der Waals surface area contributed by atoms with Gasteiger partial charge in [0.05, 0.1) is 0 Å². The zero-order valence-electron chi connectivity index (χ0n) is 13.5. The third-order valence-corrected chi connectivity index (χ3v) is 3.54. The van der Waals surface area contributed by atoms with Crippen molar-refractivity contribution in [3.05, 3.63) is 65.7 Å². The highest BCUT2D eigenvalue weighted by atomic mass is 19.1. The maximum Gasteiger partial charge on any atom is 0.216 e. The van der Waals surface area contributed by atoms with E-state index < -0.39 is 6.17 Å². The van der Waals surface area contributed by atoms with Gasteiger partial charge in [0.15, 0.2) is 0 Å². The number of hydrogen-bond donors (Lipinski definition) is 1. The zero-order chi connectivity index (χ0) is 17.2. The molecule has 2 fully saturated rings. The lowest BCUT2D eigenvalue weighted by molar-refractivity contribution is -0.109. The van der Waals surface area contributed by atoms with Crippen LogP contribution in [0.1, 0.15) is 44.2 Å². The highest BCUT2D eigenvalue weighted by Gasteiger charge is 2.26. The first-order valence-corrected chi connectivity index (χ1v) is 8.16. The summed E-state index contributed by atoms with van der Waals surface area (Å²) in [7, 11) is 0. The van der Waals surface area contributed by atoms with Gasteiger partial charge in [-0.25, -0.2) is 9.37 Å². The summed E-state index contributed by atoms with van der Waals surface area (Å²) in [4.78, 5) is 13.4. The van der Waals surface area contributed by atoms with Crippen molar-refractivity contribution >= 4 is 6.41 Å². The van der Waals surface area contributed by atoms with Gasteiger partial charge in [0.25, 0.3) is 0 Å². The van der Waals surface area contributed by atoms with Gasteiger partial charge < -0.3 is 5.32 Å². The van der Waals surface area contributed by atoms with E-state index in [4.69, 9.17) is 0 Å². The Hall–Kier alpha value is -2.30. The van der Waals surface area contributed by atoms with Gasteiger partial charge in [-0.15, -0.1) is 0 Å². The summed E-state index contributed by atoms with van der Waals surface area (Å²) in [5, 5.41) is 2.58. The van der Waals surface area contributed by atoms with Crippen molar-refractivity contribution in [1.82, 2.24) is 10.3 Å². The SMILES string of the molecule is FC1CC1.Fc1ncccc1C1CC1.O=CNCc1ccccc1.[HH]. The van der Waals surface area contributed by atoms with Gasteiger partial charge in [0.2, 0.25) is 12.4 Å². The molecular weight excluding hydrogens is 310 g/mol. The van der Waals surface area contributed by atoms with E-state index >= 15 is 0 Å². The van der Waals surface area contributed by atoms with Gasteiger partial charge in [0.1, 0.15) is 6.17 Å². The van der Waals surface area contributed by atoms with E-state index in [0.717, 1.165) is 36.8 Å². The molecule has 130 valence electrons. The van der Waals surface area contributed by atoms with Crippen LogP contribution < -0.4 is 5.32 Å². The van der Waals surface area contributed by atoms with E-state index in [1.54, 1.807) is 6.07 Å². The van der Waals surface area contributed by atoms with E-state index in [1.165, 1.54) is 6.20 Å². The number of amides is 1. The Morgan fingerprint density at radius 3 is 2.29 bits per heavy atom. The molecule has 2 aliphatic carbocycles. The molecule has 1 aromatic carbocycles. The lowest BCUT2D eigenvalue weighted by Crippen LogP contribution is -2.09. The lowest BCUT2D eigenvalue weighted by Gasteiger charge is -1.96. The van der Waals surface area contributed by atoms with Crippen molar-refractivity contribution in [2.45, 2.75) is 44.3 Å². The number of carbonyl (C=O) groups excluding carboxylic acids is 1. The van der Waals surface area contributed by atoms with Crippen LogP contribution in [0.3, 0.4) is 0 Å². The first-order chi connectivity index (χ1) is 11.7. The number of nitrogens with zero attached hydrogens (tertiary/aromatic N) is 1. The van der Waals surface area contributed by atoms with Gasteiger partial charge in [0, 0.05) is 19.7 Å². The van der Waals surface area contributed by atoms with Crippen LogP contribution in [-0.4, -0.2) is 17.6 Å². The summed E-state index contributed by atoms with van der Waals surface area (Å²) in [6, 6.07) is 13.4. The van der Waals surface area contributed by atoms with Crippen LogP contribution in [-0.2, 0) is 11.3 Å². The number of rotatable bonds is 4. The highest BCUT2D eigenvalue weighted by Crippen LogP contribution is 2.40. The Balaban J connectivity index is 0.000000199. The Morgan fingerprint density at radius 2 is 1.79 bits per heavy atom. The predicted octanol–water partition coefficient (Wildman–Crippen LogP) is 4.40. The number of halogens is 2. The molecule has 1 aromatic heterocycles. The topological polar surface area (TPSA) is 42.0 Å². The molecule has 1 amide bonds. The second kappa shape index (κ2) is 9.75. The maximum atomic E-state index is 12.8. The summed E-state index contributed by atoms with van der Waals surface area (Å²) in [6.45, 7) is 0.615. The summed E-state index contributed by atoms with van der Waals surface area (Å²) in [5.74, 6) is 0.179. The molecule has 2 saturated carbocycles. The first-order valence-electron chi connectivity index (χ1n) is 8.16. The van der Waals surface area contributed by atoms with Gasteiger partial charge >= 0.3 is 0 Å². The van der Waals surface area contributed by atoms with E-state index in [2.05, 4.69) is 10.3 Å². The van der Waals surface area contributed by atoms with Crippen molar-refractivity contribution in [3.8, 4) is 0 Å². The van der Waals surface area contributed by atoms with E-state index in [1.807, 2.05) is 36.4 Å². The van der Waals surface area contributed by atoms with Gasteiger partial charge in [-0.2, -0.15) is 4.39 Å². The molecule has 0 atom stereocenters. The third kappa shape index (κ3) is 7.31. The third-order valence-electron chi connectivity index (χ3n) is 3.54. The summed E-state index contributed by atoms with van der Waals surface area (Å²) < 4.78 is 23.9. The van der Waals surface area contributed by atoms with Crippen LogP contribution in [0.15, 0.2) is 48.7 Å². The van der Waals surface area contributed by atoms with Crippen molar-refractivity contribution in [1.29, 1.82) is 0 Å². The van der Waals surface area contributed by atoms with E-state index in [0.29, 0.717) is 18.9 Å². The average Bonchev–Trinajstić information content (AvgIpc) is 3.52. The minimum Gasteiger partial charge on any atom is -0.355 e. The first kappa shape index (κ1) is 18.0. The summed E-state index contributed by atoms with van der Waals surface area (Å²) >= 11 is 0. The quantitative estimate of drug-likeness (QED) is 0.665. The molecule has 0 unspecified atom stereocenters. The average molecular weight is 334 g/mol. The van der Waals surface area contributed by atoms with Crippen LogP contribution in [0.5, 0.6) is 0 Å². The molecule has 0 spiro atoms. The Labute approximate surface area is 142 Å². The highest BCUT2D eigenvalue weighted by molar-refractivity contribution is 5.46. The molecule has 3 nitrogen and oxygen atoms in total. The molecule has 0 bridgehead atoms. The van der Waals surface area contributed by atoms with E-state index in [9.17, 15) is 13.6 Å². The molecule has 1 N–H and O–H groups in total. The lowest BCUT2D eigenvalue weighted by atomic mass is 10.2. The fourth-order valence-corrected chi connectivity index (χ4v) is 1.92. The molecular formula is C19H24F2N2O. The van der Waals surface area contributed by atoms with Crippen LogP contribution in [0.2, 0.25) is 0 Å². The van der Waals surface area contributed by atoms with Gasteiger partial charge in [-0.3, -0.25) is 4.79 Å². The number of carbonyl (C=O) groups is 1. The summed E-state index contributed by atoms with van der Waals surface area (Å²) in [6.07, 6.45) is 5.67. The van der Waals surface area contributed by atoms with Crippen LogP contribution >= 0.6 is 0 Å².